The summed E-state index contributed by atoms with van der Waals surface area (Å²) in [5, 5.41) is 1.04. The van der Waals surface area contributed by atoms with Crippen LogP contribution in [0.3, 0.4) is 0 Å². The second-order valence-electron chi connectivity index (χ2n) is 3.52. The van der Waals surface area contributed by atoms with Crippen LogP contribution in [0, 0.1) is 0 Å². The van der Waals surface area contributed by atoms with Gasteiger partial charge in [0, 0.05) is 22.3 Å². The summed E-state index contributed by atoms with van der Waals surface area (Å²) in [6, 6.07) is 9.54. The summed E-state index contributed by atoms with van der Waals surface area (Å²) < 4.78 is 21.6. The van der Waals surface area contributed by atoms with Gasteiger partial charge in [-0.1, -0.05) is 18.2 Å². The number of aryl methyl sites for hydroxylation is 1. The number of hydrogen-bond donors (Lipinski definition) is 0. The van der Waals surface area contributed by atoms with Crippen LogP contribution >= 0.6 is 10.7 Å². The Balaban J connectivity index is 2.26. The van der Waals surface area contributed by atoms with E-state index in [0.717, 1.165) is 16.5 Å². The Labute approximate surface area is 98.5 Å². The number of halogens is 1. The van der Waals surface area contributed by atoms with E-state index in [-0.39, 0.29) is 5.75 Å². The van der Waals surface area contributed by atoms with Gasteiger partial charge in [0.25, 0.3) is 0 Å². The maximum Gasteiger partial charge on any atom is 0.232 e. The average Bonchev–Trinajstić information content (AvgIpc) is 2.25. The minimum atomic E-state index is -3.42. The zero-order valence-electron chi connectivity index (χ0n) is 8.43. The van der Waals surface area contributed by atoms with E-state index in [1.807, 2.05) is 30.3 Å². The monoisotopic (exact) mass is 255 g/mol. The SMILES string of the molecule is O=S(=O)(Cl)CCc1ccc2cccnc2c1. The normalized spacial score (nSPS) is 11.8. The summed E-state index contributed by atoms with van der Waals surface area (Å²) in [7, 11) is 1.73. The molecule has 0 unspecified atom stereocenters. The molecule has 0 bridgehead atoms. The molecule has 84 valence electrons. The highest BCUT2D eigenvalue weighted by molar-refractivity contribution is 8.13. The second-order valence-corrected chi connectivity index (χ2v) is 6.42. The van der Waals surface area contributed by atoms with Gasteiger partial charge in [-0.3, -0.25) is 4.98 Å². The van der Waals surface area contributed by atoms with Crippen LogP contribution in [0.1, 0.15) is 5.56 Å². The fourth-order valence-corrected chi connectivity index (χ4v) is 2.22. The predicted molar refractivity (Wildman–Crippen MR) is 65.1 cm³/mol. The number of aromatic nitrogens is 1. The van der Waals surface area contributed by atoms with Crippen LogP contribution in [-0.2, 0) is 15.5 Å². The molecule has 0 radical (unpaired) electrons. The molecule has 0 fully saturated rings. The lowest BCUT2D eigenvalue weighted by atomic mass is 10.1. The summed E-state index contributed by atoms with van der Waals surface area (Å²) in [5.74, 6) is -0.0487. The molecule has 2 rings (SSSR count). The van der Waals surface area contributed by atoms with E-state index < -0.39 is 9.05 Å². The van der Waals surface area contributed by atoms with Gasteiger partial charge in [0.1, 0.15) is 0 Å². The van der Waals surface area contributed by atoms with Crippen molar-refractivity contribution in [1.82, 2.24) is 4.98 Å². The van der Waals surface area contributed by atoms with Gasteiger partial charge in [0.15, 0.2) is 0 Å². The third-order valence-electron chi connectivity index (χ3n) is 2.30. The first-order valence-electron chi connectivity index (χ1n) is 4.81. The van der Waals surface area contributed by atoms with E-state index in [2.05, 4.69) is 4.98 Å². The fraction of sp³-hybridized carbons (Fsp3) is 0.182. The molecule has 16 heavy (non-hydrogen) atoms. The van der Waals surface area contributed by atoms with Gasteiger partial charge in [-0.25, -0.2) is 8.42 Å². The molecule has 0 N–H and O–H groups in total. The van der Waals surface area contributed by atoms with Crippen LogP contribution < -0.4 is 0 Å². The average molecular weight is 256 g/mol. The van der Waals surface area contributed by atoms with Crippen molar-refractivity contribution in [3.63, 3.8) is 0 Å². The van der Waals surface area contributed by atoms with Gasteiger partial charge < -0.3 is 0 Å². The van der Waals surface area contributed by atoms with Crippen LogP contribution in [-0.4, -0.2) is 19.2 Å². The van der Waals surface area contributed by atoms with Crippen LogP contribution in [0.5, 0.6) is 0 Å². The van der Waals surface area contributed by atoms with Gasteiger partial charge in [-0.05, 0) is 24.1 Å². The number of benzene rings is 1. The minimum absolute atomic E-state index is 0.0487. The van der Waals surface area contributed by atoms with Gasteiger partial charge in [-0.2, -0.15) is 0 Å². The number of fused-ring (bicyclic) bond motifs is 1. The van der Waals surface area contributed by atoms with Gasteiger partial charge >= 0.3 is 0 Å². The Kier molecular flexibility index (Phi) is 3.12. The zero-order chi connectivity index (χ0) is 11.6. The molecule has 0 aliphatic carbocycles. The van der Waals surface area contributed by atoms with Crippen LogP contribution in [0.4, 0.5) is 0 Å². The molecule has 0 aliphatic heterocycles. The fourth-order valence-electron chi connectivity index (χ4n) is 1.51. The third kappa shape index (κ3) is 2.93. The van der Waals surface area contributed by atoms with Gasteiger partial charge in [-0.15, -0.1) is 0 Å². The van der Waals surface area contributed by atoms with Crippen LogP contribution in [0.2, 0.25) is 0 Å². The zero-order valence-corrected chi connectivity index (χ0v) is 10.0. The number of pyridine rings is 1. The summed E-state index contributed by atoms with van der Waals surface area (Å²) in [6.45, 7) is 0. The molecular formula is C11H10ClNO2S. The molecule has 0 spiro atoms. The standard InChI is InChI=1S/C11H10ClNO2S/c12-16(14,15)7-5-9-3-4-10-2-1-6-13-11(10)8-9/h1-4,6,8H,5,7H2. The lowest BCUT2D eigenvalue weighted by molar-refractivity contribution is 0.609. The third-order valence-corrected chi connectivity index (χ3v) is 3.46. The summed E-state index contributed by atoms with van der Waals surface area (Å²) in [6.07, 6.45) is 2.13. The highest BCUT2D eigenvalue weighted by atomic mass is 35.7. The maximum absolute atomic E-state index is 10.8. The smallest absolute Gasteiger partial charge is 0.232 e. The van der Waals surface area contributed by atoms with Gasteiger partial charge in [0.2, 0.25) is 9.05 Å². The Morgan fingerprint density at radius 3 is 2.81 bits per heavy atom. The molecule has 1 heterocycles. The van der Waals surface area contributed by atoms with Crippen molar-refractivity contribution in [3.8, 4) is 0 Å². The molecular weight excluding hydrogens is 246 g/mol. The molecule has 0 amide bonds. The largest absolute Gasteiger partial charge is 0.256 e. The first-order chi connectivity index (χ1) is 7.54. The lowest BCUT2D eigenvalue weighted by Crippen LogP contribution is -2.00. The quantitative estimate of drug-likeness (QED) is 0.791. The highest BCUT2D eigenvalue weighted by Crippen LogP contribution is 2.14. The lowest BCUT2D eigenvalue weighted by Gasteiger charge is -2.01. The molecule has 0 atom stereocenters. The summed E-state index contributed by atoms with van der Waals surface area (Å²) in [5.41, 5.74) is 1.79. The van der Waals surface area contributed by atoms with Crippen molar-refractivity contribution in [3.05, 3.63) is 42.1 Å². The summed E-state index contributed by atoms with van der Waals surface area (Å²) in [4.78, 5) is 4.20. The van der Waals surface area contributed by atoms with E-state index in [4.69, 9.17) is 10.7 Å². The van der Waals surface area contributed by atoms with Crippen molar-refractivity contribution in [1.29, 1.82) is 0 Å². The van der Waals surface area contributed by atoms with Crippen LogP contribution in [0.15, 0.2) is 36.5 Å². The Hall–Kier alpha value is -1.13. The summed E-state index contributed by atoms with van der Waals surface area (Å²) >= 11 is 0. The van der Waals surface area contributed by atoms with E-state index >= 15 is 0 Å². The molecule has 0 saturated carbocycles. The molecule has 3 nitrogen and oxygen atoms in total. The molecule has 0 saturated heterocycles. The molecule has 5 heteroatoms. The Bertz CT molecular complexity index is 610. The molecule has 1 aromatic carbocycles. The minimum Gasteiger partial charge on any atom is -0.256 e. The topological polar surface area (TPSA) is 47.0 Å². The first-order valence-corrected chi connectivity index (χ1v) is 7.28. The van der Waals surface area contributed by atoms with Crippen molar-refractivity contribution < 1.29 is 8.42 Å². The van der Waals surface area contributed by atoms with Crippen molar-refractivity contribution in [2.45, 2.75) is 6.42 Å². The van der Waals surface area contributed by atoms with Crippen LogP contribution in [0.25, 0.3) is 10.9 Å². The van der Waals surface area contributed by atoms with E-state index in [1.165, 1.54) is 0 Å². The van der Waals surface area contributed by atoms with E-state index in [1.54, 1.807) is 6.20 Å². The predicted octanol–water partition coefficient (Wildman–Crippen LogP) is 2.35. The number of hydrogen-bond acceptors (Lipinski definition) is 3. The van der Waals surface area contributed by atoms with Crippen molar-refractivity contribution >= 4 is 30.6 Å². The van der Waals surface area contributed by atoms with E-state index in [9.17, 15) is 8.42 Å². The van der Waals surface area contributed by atoms with Crippen molar-refractivity contribution in [2.24, 2.45) is 0 Å². The second kappa shape index (κ2) is 4.39. The maximum atomic E-state index is 10.8. The molecule has 1 aromatic heterocycles. The number of rotatable bonds is 3. The van der Waals surface area contributed by atoms with E-state index in [0.29, 0.717) is 6.42 Å². The van der Waals surface area contributed by atoms with Crippen molar-refractivity contribution in [2.75, 3.05) is 5.75 Å². The molecule has 2 aromatic rings. The highest BCUT2D eigenvalue weighted by Gasteiger charge is 2.06. The number of nitrogens with zero attached hydrogens (tertiary/aromatic N) is 1. The first kappa shape index (κ1) is 11.4. The van der Waals surface area contributed by atoms with Gasteiger partial charge in [0.05, 0.1) is 11.3 Å². The Morgan fingerprint density at radius 1 is 1.25 bits per heavy atom. The molecule has 0 aliphatic rings. The Morgan fingerprint density at radius 2 is 2.06 bits per heavy atom.